The van der Waals surface area contributed by atoms with E-state index in [0.29, 0.717) is 12.6 Å². The van der Waals surface area contributed by atoms with Gasteiger partial charge in [0.15, 0.2) is 0 Å². The van der Waals surface area contributed by atoms with Crippen LogP contribution in [0.1, 0.15) is 18.7 Å². The number of β-amino-alcohol motifs (C(OH)–C–C–N with tert-alkyl or cyclic N) is 1. The summed E-state index contributed by atoms with van der Waals surface area (Å²) in [5.74, 6) is 1.68. The number of hydrogen-bond donors (Lipinski definition) is 1. The minimum atomic E-state index is -0.342. The molecule has 3 heterocycles. The number of aromatic nitrogens is 2. The third-order valence-corrected chi connectivity index (χ3v) is 4.33. The third-order valence-electron chi connectivity index (χ3n) is 4.33. The van der Waals surface area contributed by atoms with E-state index >= 15 is 0 Å². The fraction of sp³-hybridized carbons (Fsp3) is 0.733. The zero-order valence-electron chi connectivity index (χ0n) is 12.6. The molecular weight excluding hydrogens is 268 g/mol. The van der Waals surface area contributed by atoms with Crippen LogP contribution in [0.2, 0.25) is 0 Å². The summed E-state index contributed by atoms with van der Waals surface area (Å²) in [6.07, 6.45) is 3.58. The van der Waals surface area contributed by atoms with Crippen molar-refractivity contribution in [2.24, 2.45) is 0 Å². The molecule has 0 aliphatic carbocycles. The van der Waals surface area contributed by atoms with Gasteiger partial charge in [0.1, 0.15) is 11.6 Å². The summed E-state index contributed by atoms with van der Waals surface area (Å²) in [5.41, 5.74) is 0. The SMILES string of the molecule is Cc1nccc(N2CCN(C3CCOCC3)C[C@H](O)C2)n1. The Labute approximate surface area is 125 Å². The Bertz CT molecular complexity index is 465. The molecular formula is C15H24N4O2. The maximum absolute atomic E-state index is 10.3. The first-order valence-electron chi connectivity index (χ1n) is 7.77. The van der Waals surface area contributed by atoms with Crippen LogP contribution in [0.15, 0.2) is 12.3 Å². The molecule has 2 fully saturated rings. The summed E-state index contributed by atoms with van der Waals surface area (Å²) in [7, 11) is 0. The topological polar surface area (TPSA) is 61.7 Å². The highest BCUT2D eigenvalue weighted by atomic mass is 16.5. The quantitative estimate of drug-likeness (QED) is 0.854. The summed E-state index contributed by atoms with van der Waals surface area (Å²) in [6.45, 7) is 6.81. The lowest BCUT2D eigenvalue weighted by molar-refractivity contribution is 0.0219. The molecule has 0 bridgehead atoms. The van der Waals surface area contributed by atoms with Gasteiger partial charge in [-0.25, -0.2) is 9.97 Å². The fourth-order valence-electron chi connectivity index (χ4n) is 3.22. The Balaban J connectivity index is 1.67. The van der Waals surface area contributed by atoms with Crippen molar-refractivity contribution in [2.75, 3.05) is 44.3 Å². The number of nitrogens with zero attached hydrogens (tertiary/aromatic N) is 4. The van der Waals surface area contributed by atoms with Gasteiger partial charge in [0.25, 0.3) is 0 Å². The molecule has 0 unspecified atom stereocenters. The second-order valence-electron chi connectivity index (χ2n) is 5.90. The van der Waals surface area contributed by atoms with Crippen molar-refractivity contribution in [1.82, 2.24) is 14.9 Å². The average Bonchev–Trinajstić information content (AvgIpc) is 2.70. The van der Waals surface area contributed by atoms with Gasteiger partial charge in [-0.2, -0.15) is 0 Å². The minimum absolute atomic E-state index is 0.342. The standard InChI is InChI=1S/C15H24N4O2/c1-12-16-5-2-15(17-12)19-7-6-18(10-14(20)11-19)13-3-8-21-9-4-13/h2,5,13-14,20H,3-4,6-11H2,1H3/t14-/m0/s1. The van der Waals surface area contributed by atoms with E-state index in [-0.39, 0.29) is 6.10 Å². The monoisotopic (exact) mass is 292 g/mol. The van der Waals surface area contributed by atoms with Crippen molar-refractivity contribution >= 4 is 5.82 Å². The zero-order valence-corrected chi connectivity index (χ0v) is 12.6. The Morgan fingerprint density at radius 3 is 2.81 bits per heavy atom. The predicted octanol–water partition coefficient (Wildman–Crippen LogP) is 0.447. The van der Waals surface area contributed by atoms with E-state index in [2.05, 4.69) is 19.8 Å². The summed E-state index contributed by atoms with van der Waals surface area (Å²) in [5, 5.41) is 10.3. The molecule has 1 aromatic heterocycles. The maximum Gasteiger partial charge on any atom is 0.132 e. The van der Waals surface area contributed by atoms with Crippen molar-refractivity contribution in [3.05, 3.63) is 18.1 Å². The van der Waals surface area contributed by atoms with Crippen LogP contribution in [-0.4, -0.2) is 71.5 Å². The van der Waals surface area contributed by atoms with E-state index in [0.717, 1.165) is 57.3 Å². The average molecular weight is 292 g/mol. The van der Waals surface area contributed by atoms with E-state index in [1.165, 1.54) is 0 Å². The molecule has 6 heteroatoms. The lowest BCUT2D eigenvalue weighted by Gasteiger charge is -2.33. The van der Waals surface area contributed by atoms with Crippen LogP contribution in [0.3, 0.4) is 0 Å². The van der Waals surface area contributed by atoms with Crippen LogP contribution in [0.25, 0.3) is 0 Å². The molecule has 1 atom stereocenters. The van der Waals surface area contributed by atoms with Gasteiger partial charge in [0.05, 0.1) is 6.10 Å². The molecule has 2 aliphatic rings. The molecule has 1 N–H and O–H groups in total. The predicted molar refractivity (Wildman–Crippen MR) is 80.4 cm³/mol. The van der Waals surface area contributed by atoms with Crippen molar-refractivity contribution in [3.63, 3.8) is 0 Å². The van der Waals surface area contributed by atoms with Gasteiger partial charge >= 0.3 is 0 Å². The van der Waals surface area contributed by atoms with Crippen LogP contribution in [0, 0.1) is 6.92 Å². The van der Waals surface area contributed by atoms with Gasteiger partial charge in [0.2, 0.25) is 0 Å². The van der Waals surface area contributed by atoms with E-state index in [4.69, 9.17) is 4.74 Å². The highest BCUT2D eigenvalue weighted by Crippen LogP contribution is 2.19. The normalized spacial score (nSPS) is 25.8. The molecule has 6 nitrogen and oxygen atoms in total. The van der Waals surface area contributed by atoms with Crippen molar-refractivity contribution in [2.45, 2.75) is 31.9 Å². The lowest BCUT2D eigenvalue weighted by atomic mass is 10.1. The van der Waals surface area contributed by atoms with Crippen LogP contribution >= 0.6 is 0 Å². The van der Waals surface area contributed by atoms with Gasteiger partial charge < -0.3 is 14.7 Å². The van der Waals surface area contributed by atoms with Gasteiger partial charge in [-0.1, -0.05) is 0 Å². The number of aliphatic hydroxyl groups is 1. The molecule has 0 radical (unpaired) electrons. The molecule has 2 saturated heterocycles. The second kappa shape index (κ2) is 6.68. The molecule has 0 amide bonds. The molecule has 0 spiro atoms. The molecule has 3 rings (SSSR count). The number of aryl methyl sites for hydroxylation is 1. The highest BCUT2D eigenvalue weighted by molar-refractivity contribution is 5.38. The van der Waals surface area contributed by atoms with E-state index in [9.17, 15) is 5.11 Å². The van der Waals surface area contributed by atoms with E-state index in [1.54, 1.807) is 6.20 Å². The van der Waals surface area contributed by atoms with Crippen LogP contribution < -0.4 is 4.90 Å². The lowest BCUT2D eigenvalue weighted by Crippen LogP contribution is -2.43. The Morgan fingerprint density at radius 2 is 2.05 bits per heavy atom. The minimum Gasteiger partial charge on any atom is -0.390 e. The zero-order chi connectivity index (χ0) is 14.7. The Morgan fingerprint density at radius 1 is 1.24 bits per heavy atom. The number of hydrogen-bond acceptors (Lipinski definition) is 6. The second-order valence-corrected chi connectivity index (χ2v) is 5.90. The first-order valence-corrected chi connectivity index (χ1v) is 7.77. The fourth-order valence-corrected chi connectivity index (χ4v) is 3.22. The summed E-state index contributed by atoms with van der Waals surface area (Å²) in [6, 6.07) is 2.46. The Hall–Kier alpha value is -1.24. The number of rotatable bonds is 2. The van der Waals surface area contributed by atoms with Crippen LogP contribution in [-0.2, 0) is 4.74 Å². The molecule has 1 aromatic rings. The summed E-state index contributed by atoms with van der Waals surface area (Å²) >= 11 is 0. The van der Waals surface area contributed by atoms with Gasteiger partial charge in [-0.05, 0) is 25.8 Å². The van der Waals surface area contributed by atoms with Crippen molar-refractivity contribution < 1.29 is 9.84 Å². The number of aliphatic hydroxyl groups excluding tert-OH is 1. The summed E-state index contributed by atoms with van der Waals surface area (Å²) < 4.78 is 5.44. The van der Waals surface area contributed by atoms with E-state index < -0.39 is 0 Å². The first-order chi connectivity index (χ1) is 10.2. The first kappa shape index (κ1) is 14.7. The van der Waals surface area contributed by atoms with Gasteiger partial charge in [0, 0.05) is 51.6 Å². The van der Waals surface area contributed by atoms with Gasteiger partial charge in [-0.15, -0.1) is 0 Å². The maximum atomic E-state index is 10.3. The molecule has 21 heavy (non-hydrogen) atoms. The molecule has 0 aromatic carbocycles. The van der Waals surface area contributed by atoms with Crippen molar-refractivity contribution in [3.8, 4) is 0 Å². The highest BCUT2D eigenvalue weighted by Gasteiger charge is 2.28. The number of anilines is 1. The van der Waals surface area contributed by atoms with Crippen molar-refractivity contribution in [1.29, 1.82) is 0 Å². The molecule has 2 aliphatic heterocycles. The molecule has 0 saturated carbocycles. The van der Waals surface area contributed by atoms with Crippen LogP contribution in [0.5, 0.6) is 0 Å². The smallest absolute Gasteiger partial charge is 0.132 e. The van der Waals surface area contributed by atoms with Crippen LogP contribution in [0.4, 0.5) is 5.82 Å². The third kappa shape index (κ3) is 3.70. The van der Waals surface area contributed by atoms with E-state index in [1.807, 2.05) is 13.0 Å². The number of ether oxygens (including phenoxy) is 1. The summed E-state index contributed by atoms with van der Waals surface area (Å²) in [4.78, 5) is 13.2. The Kier molecular flexibility index (Phi) is 4.67. The largest absolute Gasteiger partial charge is 0.390 e. The van der Waals surface area contributed by atoms with Gasteiger partial charge in [-0.3, -0.25) is 4.90 Å². The molecule has 116 valence electrons.